The van der Waals surface area contributed by atoms with Crippen molar-refractivity contribution in [3.63, 3.8) is 0 Å². The van der Waals surface area contributed by atoms with Crippen molar-refractivity contribution in [1.82, 2.24) is 10.2 Å². The molecule has 174 valence electrons. The Morgan fingerprint density at radius 1 is 1.23 bits per heavy atom. The van der Waals surface area contributed by atoms with Gasteiger partial charge in [-0.1, -0.05) is 0 Å². The topological polar surface area (TPSA) is 211 Å². The first-order chi connectivity index (χ1) is 13.7. The zero-order chi connectivity index (χ0) is 22.7. The average Bonchev–Trinajstić information content (AvgIpc) is 2.95. The van der Waals surface area contributed by atoms with Gasteiger partial charge in [-0.2, -0.15) is 21.3 Å². The van der Waals surface area contributed by atoms with Crippen LogP contribution in [0.25, 0.3) is 0 Å². The molecule has 0 saturated carbocycles. The van der Waals surface area contributed by atoms with E-state index in [4.69, 9.17) is 24.2 Å². The van der Waals surface area contributed by atoms with E-state index in [1.54, 1.807) is 13.1 Å². The van der Waals surface area contributed by atoms with Crippen LogP contribution in [0, 0.1) is 0 Å². The van der Waals surface area contributed by atoms with E-state index in [0.29, 0.717) is 6.54 Å². The van der Waals surface area contributed by atoms with Crippen LogP contribution in [0.3, 0.4) is 0 Å². The fourth-order valence-corrected chi connectivity index (χ4v) is 5.85. The van der Waals surface area contributed by atoms with Gasteiger partial charge in [0.1, 0.15) is 12.3 Å². The summed E-state index contributed by atoms with van der Waals surface area (Å²) in [6, 6.07) is -0.427. The van der Waals surface area contributed by atoms with Gasteiger partial charge in [0, 0.05) is 19.2 Å². The van der Waals surface area contributed by atoms with E-state index in [0.717, 1.165) is 5.57 Å². The number of thiol groups is 1. The van der Waals surface area contributed by atoms with Gasteiger partial charge < -0.3 is 34.4 Å². The highest BCUT2D eigenvalue weighted by Gasteiger charge is 2.44. The maximum atomic E-state index is 12.0. The largest absolute Gasteiger partial charge is 0.490 e. The van der Waals surface area contributed by atoms with E-state index < -0.39 is 54.5 Å². The molecule has 0 radical (unpaired) electrons. The number of phosphoric ester groups is 1. The van der Waals surface area contributed by atoms with E-state index >= 15 is 0 Å². The van der Waals surface area contributed by atoms with Gasteiger partial charge in [-0.05, 0) is 12.5 Å². The van der Waals surface area contributed by atoms with Crippen molar-refractivity contribution in [2.75, 3.05) is 19.1 Å². The Bertz CT molecular complexity index is 818. The van der Waals surface area contributed by atoms with Crippen LogP contribution in [-0.4, -0.2) is 68.0 Å². The molecular weight excluding hydrogens is 493 g/mol. The molecule has 0 aliphatic carbocycles. The van der Waals surface area contributed by atoms with Gasteiger partial charge in [-0.3, -0.25) is 9.42 Å². The summed E-state index contributed by atoms with van der Waals surface area (Å²) in [6.45, 7) is 1.46. The van der Waals surface area contributed by atoms with Gasteiger partial charge in [-0.15, -0.1) is 0 Å². The smallest absolute Gasteiger partial charge is 0.365 e. The van der Waals surface area contributed by atoms with E-state index in [9.17, 15) is 23.4 Å². The second kappa shape index (κ2) is 10.1. The molecule has 2 heterocycles. The molecule has 1 fully saturated rings. The predicted molar refractivity (Wildman–Crippen MR) is 101 cm³/mol. The van der Waals surface area contributed by atoms with Crippen molar-refractivity contribution in [3.8, 4) is 0 Å². The van der Waals surface area contributed by atoms with Gasteiger partial charge in [0.2, 0.25) is 0 Å². The minimum absolute atomic E-state index is 0.0481. The summed E-state index contributed by atoms with van der Waals surface area (Å²) in [6.07, 6.45) is -0.827. The minimum Gasteiger partial charge on any atom is -0.365 e. The van der Waals surface area contributed by atoms with Gasteiger partial charge in [0.15, 0.2) is 0 Å². The molecule has 15 nitrogen and oxygen atoms in total. The molecule has 4 unspecified atom stereocenters. The predicted octanol–water partition coefficient (Wildman–Crippen LogP) is 0.646. The quantitative estimate of drug-likeness (QED) is 0.134. The van der Waals surface area contributed by atoms with E-state index in [1.807, 2.05) is 0 Å². The number of rotatable bonds is 10. The number of ether oxygens (including phenoxy) is 2. The highest BCUT2D eigenvalue weighted by Crippen LogP contribution is 2.66. The Morgan fingerprint density at radius 3 is 2.50 bits per heavy atom. The Kier molecular flexibility index (Phi) is 8.73. The van der Waals surface area contributed by atoms with Crippen LogP contribution in [0.5, 0.6) is 0 Å². The third-order valence-electron chi connectivity index (χ3n) is 3.71. The Morgan fingerprint density at radius 2 is 1.90 bits per heavy atom. The first-order valence-electron chi connectivity index (χ1n) is 8.11. The molecule has 2 aliphatic rings. The lowest BCUT2D eigenvalue weighted by molar-refractivity contribution is -0.0607. The van der Waals surface area contributed by atoms with E-state index in [-0.39, 0.29) is 12.4 Å². The van der Waals surface area contributed by atoms with Crippen molar-refractivity contribution in [2.45, 2.75) is 31.8 Å². The standard InChI is InChI=1S/C11H21N2O13P3S/c1-7-3-12-11(14)13(4-7)10-2-8(22-6-30)9(24-10)5-23-28(18,19)26-29(20,21)25-27(15,16)17/h4,8-10,30H,2-3,5-6H2,1H3,(H,12,14)(H,18,19)(H,20,21)(H2,15,16,17)/t8-,9?,10?/m0/s1. The molecule has 2 amide bonds. The lowest BCUT2D eigenvalue weighted by Gasteiger charge is -2.29. The Balaban J connectivity index is 2.02. The number of phosphoric acid groups is 3. The summed E-state index contributed by atoms with van der Waals surface area (Å²) < 4.78 is 56.7. The average molecular weight is 514 g/mol. The molecule has 1 saturated heterocycles. The zero-order valence-corrected chi connectivity index (χ0v) is 18.9. The van der Waals surface area contributed by atoms with Gasteiger partial charge in [0.25, 0.3) is 0 Å². The second-order valence-electron chi connectivity index (χ2n) is 6.13. The third-order valence-corrected chi connectivity index (χ3v) is 7.66. The first kappa shape index (κ1) is 25.9. The molecule has 0 aromatic rings. The summed E-state index contributed by atoms with van der Waals surface area (Å²) in [7, 11) is -16.4. The number of carbonyl (C=O) groups excluding carboxylic acids is 1. The summed E-state index contributed by atoms with van der Waals surface area (Å²) in [5.74, 6) is -0.0481. The zero-order valence-electron chi connectivity index (χ0n) is 15.3. The fraction of sp³-hybridized carbons (Fsp3) is 0.727. The monoisotopic (exact) mass is 514 g/mol. The number of nitrogens with zero attached hydrogens (tertiary/aromatic N) is 1. The molecule has 5 N–H and O–H groups in total. The summed E-state index contributed by atoms with van der Waals surface area (Å²) in [5.41, 5.74) is 0.849. The van der Waals surface area contributed by atoms with Crippen molar-refractivity contribution < 1.29 is 60.7 Å². The number of hydrogen-bond donors (Lipinski definition) is 6. The van der Waals surface area contributed by atoms with Crippen LogP contribution in [0.15, 0.2) is 11.8 Å². The maximum absolute atomic E-state index is 12.0. The lowest BCUT2D eigenvalue weighted by Crippen LogP contribution is -2.46. The molecule has 2 aliphatic heterocycles. The first-order valence-corrected chi connectivity index (χ1v) is 13.3. The number of hydrogen-bond acceptors (Lipinski definition) is 10. The van der Waals surface area contributed by atoms with Gasteiger partial charge >= 0.3 is 29.5 Å². The normalized spacial score (nSPS) is 29.1. The van der Waals surface area contributed by atoms with Crippen LogP contribution in [-0.2, 0) is 36.3 Å². The molecule has 30 heavy (non-hydrogen) atoms. The van der Waals surface area contributed by atoms with Crippen LogP contribution < -0.4 is 5.32 Å². The number of urea groups is 1. The highest BCUT2D eigenvalue weighted by atomic mass is 32.1. The van der Waals surface area contributed by atoms with E-state index in [2.05, 4.69) is 31.1 Å². The molecule has 0 aromatic heterocycles. The van der Waals surface area contributed by atoms with Crippen molar-refractivity contribution in [3.05, 3.63) is 11.8 Å². The summed E-state index contributed by atoms with van der Waals surface area (Å²) >= 11 is 3.93. The summed E-state index contributed by atoms with van der Waals surface area (Å²) in [5, 5.41) is 2.63. The molecule has 19 heteroatoms. The van der Waals surface area contributed by atoms with Gasteiger partial charge in [0.05, 0.1) is 18.6 Å². The Hall–Kier alpha value is -0.310. The van der Waals surface area contributed by atoms with Crippen molar-refractivity contribution in [2.24, 2.45) is 0 Å². The summed E-state index contributed by atoms with van der Waals surface area (Å²) in [4.78, 5) is 49.1. The third kappa shape index (κ3) is 7.99. The molecule has 0 spiro atoms. The Labute approximate surface area is 176 Å². The molecule has 2 rings (SSSR count). The van der Waals surface area contributed by atoms with Crippen LogP contribution in [0.4, 0.5) is 4.79 Å². The van der Waals surface area contributed by atoms with Gasteiger partial charge in [-0.25, -0.2) is 18.5 Å². The lowest BCUT2D eigenvalue weighted by atomic mass is 10.2. The number of amides is 2. The number of nitrogens with one attached hydrogen (secondary N) is 1. The molecule has 0 aromatic carbocycles. The van der Waals surface area contributed by atoms with Crippen molar-refractivity contribution in [1.29, 1.82) is 0 Å². The maximum Gasteiger partial charge on any atom is 0.490 e. The second-order valence-corrected chi connectivity index (χ2v) is 10.8. The molecule has 0 bridgehead atoms. The highest BCUT2D eigenvalue weighted by molar-refractivity contribution is 7.80. The van der Waals surface area contributed by atoms with Crippen LogP contribution in [0.1, 0.15) is 13.3 Å². The van der Waals surface area contributed by atoms with E-state index in [1.165, 1.54) is 4.90 Å². The molecular formula is C11H21N2O13P3S. The SMILES string of the molecule is CC1=CN(C2C[C@H](OCS)C(COP(=O)(O)OP(=O)(O)OP(=O)(O)O)O2)C(=O)NC1. The fourth-order valence-electron chi connectivity index (χ4n) is 2.63. The van der Waals surface area contributed by atoms with Crippen LogP contribution in [0.2, 0.25) is 0 Å². The van der Waals surface area contributed by atoms with Crippen molar-refractivity contribution >= 4 is 42.1 Å². The van der Waals surface area contributed by atoms with Crippen LogP contribution >= 0.6 is 36.1 Å². The minimum atomic E-state index is -5.63. The molecule has 5 atom stereocenters. The number of carbonyl (C=O) groups is 1.